The van der Waals surface area contributed by atoms with Crippen LogP contribution in [0, 0.1) is 0 Å². The molecule has 3 nitrogen and oxygen atoms in total. The van der Waals surface area contributed by atoms with Crippen molar-refractivity contribution in [3.05, 3.63) is 76.0 Å². The van der Waals surface area contributed by atoms with E-state index in [1.807, 2.05) is 42.5 Å². The third-order valence-corrected chi connectivity index (χ3v) is 5.80. The number of carbonyl (C=O) groups is 1. The second-order valence-corrected chi connectivity index (χ2v) is 7.55. The summed E-state index contributed by atoms with van der Waals surface area (Å²) < 4.78 is 7.01. The van der Waals surface area contributed by atoms with Crippen LogP contribution in [-0.2, 0) is 6.42 Å². The topological polar surface area (TPSA) is 50.4 Å². The lowest BCUT2D eigenvalue weighted by molar-refractivity contribution is 0.0698. The highest BCUT2D eigenvalue weighted by Crippen LogP contribution is 2.42. The van der Waals surface area contributed by atoms with Crippen LogP contribution in [0.15, 0.2) is 63.5 Å². The Labute approximate surface area is 164 Å². The number of benzene rings is 3. The first-order chi connectivity index (χ1) is 13.1. The Bertz CT molecular complexity index is 1260. The fourth-order valence-electron chi connectivity index (χ4n) is 3.96. The zero-order valence-electron chi connectivity index (χ0n) is 14.3. The van der Waals surface area contributed by atoms with Crippen LogP contribution in [0.25, 0.3) is 38.9 Å². The smallest absolute Gasteiger partial charge is 0.336 e. The van der Waals surface area contributed by atoms with Crippen molar-refractivity contribution in [1.82, 2.24) is 0 Å². The van der Waals surface area contributed by atoms with Crippen molar-refractivity contribution in [2.24, 2.45) is 0 Å². The van der Waals surface area contributed by atoms with Crippen molar-refractivity contribution in [1.29, 1.82) is 0 Å². The van der Waals surface area contributed by atoms with Gasteiger partial charge in [0.15, 0.2) is 0 Å². The molecule has 0 fully saturated rings. The van der Waals surface area contributed by atoms with Crippen LogP contribution in [-0.4, -0.2) is 11.1 Å². The van der Waals surface area contributed by atoms with Crippen LogP contribution in [0.4, 0.5) is 0 Å². The standard InChI is InChI=1S/C23H15BrO3/c24-19-12-18(23(25)26)21(15-8-2-1-6-13(15)19)17-10-5-9-16-14-7-3-4-11-20(14)27-22(16)17/h1-3,5-10,12H,4,11H2,(H,25,26). The van der Waals surface area contributed by atoms with E-state index >= 15 is 0 Å². The molecule has 0 atom stereocenters. The average molecular weight is 419 g/mol. The van der Waals surface area contributed by atoms with Gasteiger partial charge in [-0.25, -0.2) is 4.79 Å². The summed E-state index contributed by atoms with van der Waals surface area (Å²) in [5, 5.41) is 12.8. The number of rotatable bonds is 2. The normalized spacial score (nSPS) is 13.2. The molecule has 0 amide bonds. The first-order valence-corrected chi connectivity index (χ1v) is 9.60. The van der Waals surface area contributed by atoms with Gasteiger partial charge in [0, 0.05) is 33.0 Å². The number of halogens is 1. The molecular weight excluding hydrogens is 404 g/mol. The van der Waals surface area contributed by atoms with Crippen molar-refractivity contribution in [2.75, 3.05) is 0 Å². The molecule has 132 valence electrons. The molecule has 0 bridgehead atoms. The van der Waals surface area contributed by atoms with Crippen molar-refractivity contribution < 1.29 is 14.3 Å². The van der Waals surface area contributed by atoms with Gasteiger partial charge < -0.3 is 9.52 Å². The molecule has 0 spiro atoms. The van der Waals surface area contributed by atoms with E-state index in [1.165, 1.54) is 0 Å². The minimum absolute atomic E-state index is 0.262. The van der Waals surface area contributed by atoms with Crippen LogP contribution in [0.5, 0.6) is 0 Å². The molecule has 0 aliphatic heterocycles. The molecule has 4 aromatic rings. The van der Waals surface area contributed by atoms with Crippen molar-refractivity contribution in [3.8, 4) is 11.1 Å². The molecule has 1 aliphatic carbocycles. The SMILES string of the molecule is O=C(O)c1cc(Br)c2ccccc2c1-c1cccc2c3c(oc12)CCC=C3. The third-order valence-electron chi connectivity index (χ3n) is 5.15. The number of allylic oxidation sites excluding steroid dienone is 1. The largest absolute Gasteiger partial charge is 0.478 e. The minimum Gasteiger partial charge on any atom is -0.478 e. The summed E-state index contributed by atoms with van der Waals surface area (Å²) in [6.07, 6.45) is 6.09. The van der Waals surface area contributed by atoms with Crippen LogP contribution in [0.3, 0.4) is 0 Å². The highest BCUT2D eigenvalue weighted by atomic mass is 79.9. The molecule has 1 heterocycles. The van der Waals surface area contributed by atoms with E-state index in [1.54, 1.807) is 6.07 Å². The number of fused-ring (bicyclic) bond motifs is 4. The molecule has 1 aromatic heterocycles. The maximum atomic E-state index is 12.1. The number of para-hydroxylation sites is 1. The fourth-order valence-corrected chi connectivity index (χ4v) is 4.53. The second-order valence-electron chi connectivity index (χ2n) is 6.69. The maximum absolute atomic E-state index is 12.1. The summed E-state index contributed by atoms with van der Waals surface area (Å²) in [7, 11) is 0. The van der Waals surface area contributed by atoms with Crippen LogP contribution < -0.4 is 0 Å². The molecule has 0 saturated carbocycles. The van der Waals surface area contributed by atoms with E-state index in [0.29, 0.717) is 5.56 Å². The van der Waals surface area contributed by atoms with Gasteiger partial charge in [0.2, 0.25) is 0 Å². The Morgan fingerprint density at radius 2 is 1.81 bits per heavy atom. The highest BCUT2D eigenvalue weighted by molar-refractivity contribution is 9.10. The monoisotopic (exact) mass is 418 g/mol. The Kier molecular flexibility index (Phi) is 3.69. The number of carboxylic acids is 1. The molecule has 1 N–H and O–H groups in total. The molecule has 0 saturated heterocycles. The molecule has 1 aliphatic rings. The van der Waals surface area contributed by atoms with Gasteiger partial charge in [-0.05, 0) is 23.3 Å². The summed E-state index contributed by atoms with van der Waals surface area (Å²) in [5.41, 5.74) is 3.64. The lowest BCUT2D eigenvalue weighted by atomic mass is 9.91. The number of aromatic carboxylic acids is 1. The van der Waals surface area contributed by atoms with Crippen molar-refractivity contribution >= 4 is 49.7 Å². The molecule has 3 aromatic carbocycles. The predicted molar refractivity (Wildman–Crippen MR) is 111 cm³/mol. The molecule has 0 radical (unpaired) electrons. The van der Waals surface area contributed by atoms with Gasteiger partial charge in [-0.1, -0.05) is 70.5 Å². The van der Waals surface area contributed by atoms with E-state index in [-0.39, 0.29) is 5.56 Å². The van der Waals surface area contributed by atoms with E-state index in [0.717, 1.165) is 55.9 Å². The number of hydrogen-bond donors (Lipinski definition) is 1. The van der Waals surface area contributed by atoms with Gasteiger partial charge in [0.25, 0.3) is 0 Å². The number of hydrogen-bond acceptors (Lipinski definition) is 2. The average Bonchev–Trinajstić information content (AvgIpc) is 3.07. The maximum Gasteiger partial charge on any atom is 0.336 e. The third kappa shape index (κ3) is 2.44. The number of furan rings is 1. The van der Waals surface area contributed by atoms with Crippen LogP contribution in [0.1, 0.15) is 28.1 Å². The first kappa shape index (κ1) is 16.3. The number of aryl methyl sites for hydroxylation is 1. The van der Waals surface area contributed by atoms with Gasteiger partial charge in [-0.2, -0.15) is 0 Å². The zero-order chi connectivity index (χ0) is 18.5. The summed E-state index contributed by atoms with van der Waals surface area (Å²) in [5.74, 6) is 0.0166. The van der Waals surface area contributed by atoms with E-state index in [4.69, 9.17) is 4.42 Å². The molecule has 0 unspecified atom stereocenters. The molecule has 27 heavy (non-hydrogen) atoms. The Balaban J connectivity index is 1.93. The summed E-state index contributed by atoms with van der Waals surface area (Å²) in [6.45, 7) is 0. The van der Waals surface area contributed by atoms with Crippen molar-refractivity contribution in [2.45, 2.75) is 12.8 Å². The Morgan fingerprint density at radius 1 is 1.04 bits per heavy atom. The van der Waals surface area contributed by atoms with E-state index in [9.17, 15) is 9.90 Å². The highest BCUT2D eigenvalue weighted by Gasteiger charge is 2.23. The predicted octanol–water partition coefficient (Wildman–Crippen LogP) is 6.67. The van der Waals surface area contributed by atoms with Crippen LogP contribution >= 0.6 is 15.9 Å². The molecule has 5 rings (SSSR count). The van der Waals surface area contributed by atoms with Gasteiger partial charge in [0.1, 0.15) is 11.3 Å². The first-order valence-electron chi connectivity index (χ1n) is 8.81. The second kappa shape index (κ2) is 6.10. The lowest BCUT2D eigenvalue weighted by Gasteiger charge is -2.13. The summed E-state index contributed by atoms with van der Waals surface area (Å²) >= 11 is 3.52. The molecular formula is C23H15BrO3. The quantitative estimate of drug-likeness (QED) is 0.395. The van der Waals surface area contributed by atoms with Gasteiger partial charge in [-0.3, -0.25) is 0 Å². The summed E-state index contributed by atoms with van der Waals surface area (Å²) in [4.78, 5) is 12.1. The fraction of sp³-hybridized carbons (Fsp3) is 0.0870. The minimum atomic E-state index is -0.954. The molecule has 4 heteroatoms. The van der Waals surface area contributed by atoms with Crippen LogP contribution in [0.2, 0.25) is 0 Å². The van der Waals surface area contributed by atoms with Gasteiger partial charge in [0.05, 0.1) is 5.56 Å². The van der Waals surface area contributed by atoms with Gasteiger partial charge in [-0.15, -0.1) is 0 Å². The lowest BCUT2D eigenvalue weighted by Crippen LogP contribution is -2.01. The zero-order valence-corrected chi connectivity index (χ0v) is 15.9. The Hall–Kier alpha value is -2.85. The van der Waals surface area contributed by atoms with E-state index in [2.05, 4.69) is 28.1 Å². The van der Waals surface area contributed by atoms with Gasteiger partial charge >= 0.3 is 5.97 Å². The number of carboxylic acid groups (broad SMARTS) is 1. The van der Waals surface area contributed by atoms with E-state index < -0.39 is 5.97 Å². The summed E-state index contributed by atoms with van der Waals surface area (Å²) in [6, 6.07) is 15.5. The van der Waals surface area contributed by atoms with Crippen molar-refractivity contribution in [3.63, 3.8) is 0 Å². The Morgan fingerprint density at radius 3 is 2.63 bits per heavy atom.